The summed E-state index contributed by atoms with van der Waals surface area (Å²) in [6.45, 7) is 0. The molecule has 5 aromatic rings. The Morgan fingerprint density at radius 1 is 0.774 bits per heavy atom. The molecule has 3 aromatic carbocycles. The van der Waals surface area contributed by atoms with Crippen LogP contribution in [0.1, 0.15) is 17.0 Å². The standard InChI is InChI=1S/C25H19N5O/c31-25(24(19-7-3-1-4-8-19)20-9-5-2-6-10-20)27-21-13-11-18(12-14-21)22-15-16-23-28-26-17-30(23)29-22/h1-17,24H,(H,27,31). The van der Waals surface area contributed by atoms with E-state index in [1.807, 2.05) is 97.1 Å². The Hall–Kier alpha value is -4.32. The predicted molar refractivity (Wildman–Crippen MR) is 120 cm³/mol. The van der Waals surface area contributed by atoms with Crippen LogP contribution in [0.3, 0.4) is 0 Å². The van der Waals surface area contributed by atoms with Gasteiger partial charge in [-0.05, 0) is 35.4 Å². The Morgan fingerprint density at radius 2 is 1.42 bits per heavy atom. The largest absolute Gasteiger partial charge is 0.325 e. The second-order valence-electron chi connectivity index (χ2n) is 7.17. The molecule has 2 heterocycles. The Morgan fingerprint density at radius 3 is 2.06 bits per heavy atom. The van der Waals surface area contributed by atoms with Crippen LogP contribution in [0.2, 0.25) is 0 Å². The van der Waals surface area contributed by atoms with Crippen LogP contribution in [0.25, 0.3) is 16.9 Å². The van der Waals surface area contributed by atoms with Gasteiger partial charge in [-0.1, -0.05) is 72.8 Å². The molecule has 1 amide bonds. The third kappa shape index (κ3) is 3.91. The number of anilines is 1. The van der Waals surface area contributed by atoms with Gasteiger partial charge in [-0.3, -0.25) is 4.79 Å². The number of aromatic nitrogens is 4. The Kier molecular flexibility index (Phi) is 4.94. The van der Waals surface area contributed by atoms with E-state index in [2.05, 4.69) is 20.6 Å². The number of carbonyl (C=O) groups is 1. The summed E-state index contributed by atoms with van der Waals surface area (Å²) in [5, 5.41) is 15.4. The van der Waals surface area contributed by atoms with Crippen LogP contribution in [0, 0.1) is 0 Å². The minimum atomic E-state index is -0.389. The number of nitrogens with zero attached hydrogens (tertiary/aromatic N) is 4. The maximum absolute atomic E-state index is 13.2. The van der Waals surface area contributed by atoms with Crippen LogP contribution in [0.15, 0.2) is 103 Å². The van der Waals surface area contributed by atoms with Gasteiger partial charge in [-0.2, -0.15) is 9.61 Å². The van der Waals surface area contributed by atoms with Crippen molar-refractivity contribution in [2.45, 2.75) is 5.92 Å². The smallest absolute Gasteiger partial charge is 0.236 e. The highest BCUT2D eigenvalue weighted by atomic mass is 16.1. The SMILES string of the molecule is O=C(Nc1ccc(-c2ccc3nncn3n2)cc1)C(c1ccccc1)c1ccccc1. The van der Waals surface area contributed by atoms with Crippen molar-refractivity contribution >= 4 is 17.2 Å². The highest BCUT2D eigenvalue weighted by Gasteiger charge is 2.22. The third-order valence-electron chi connectivity index (χ3n) is 5.14. The van der Waals surface area contributed by atoms with E-state index in [-0.39, 0.29) is 11.8 Å². The number of rotatable bonds is 5. The molecule has 2 aromatic heterocycles. The van der Waals surface area contributed by atoms with Crippen molar-refractivity contribution < 1.29 is 4.79 Å². The molecule has 0 spiro atoms. The number of hydrogen-bond donors (Lipinski definition) is 1. The second kappa shape index (κ2) is 8.20. The zero-order valence-electron chi connectivity index (χ0n) is 16.6. The third-order valence-corrected chi connectivity index (χ3v) is 5.14. The summed E-state index contributed by atoms with van der Waals surface area (Å²) in [5.74, 6) is -0.464. The molecule has 5 rings (SSSR count). The lowest BCUT2D eigenvalue weighted by Gasteiger charge is -2.18. The molecule has 0 radical (unpaired) electrons. The van der Waals surface area contributed by atoms with Gasteiger partial charge < -0.3 is 5.32 Å². The van der Waals surface area contributed by atoms with Gasteiger partial charge in [0, 0.05) is 11.3 Å². The second-order valence-corrected chi connectivity index (χ2v) is 7.17. The van der Waals surface area contributed by atoms with E-state index < -0.39 is 0 Å². The summed E-state index contributed by atoms with van der Waals surface area (Å²) >= 11 is 0. The first-order valence-corrected chi connectivity index (χ1v) is 9.96. The van der Waals surface area contributed by atoms with Crippen molar-refractivity contribution in [2.24, 2.45) is 0 Å². The fourth-order valence-electron chi connectivity index (χ4n) is 3.61. The molecular weight excluding hydrogens is 386 g/mol. The van der Waals surface area contributed by atoms with Crippen molar-refractivity contribution in [3.05, 3.63) is 115 Å². The first-order valence-electron chi connectivity index (χ1n) is 9.96. The lowest BCUT2D eigenvalue weighted by atomic mass is 9.90. The van der Waals surface area contributed by atoms with Crippen LogP contribution in [0.4, 0.5) is 5.69 Å². The van der Waals surface area contributed by atoms with Crippen LogP contribution in [-0.2, 0) is 4.79 Å². The number of nitrogens with one attached hydrogen (secondary N) is 1. The maximum Gasteiger partial charge on any atom is 0.236 e. The average Bonchev–Trinajstić information content (AvgIpc) is 3.29. The number of benzene rings is 3. The van der Waals surface area contributed by atoms with E-state index in [4.69, 9.17) is 0 Å². The van der Waals surface area contributed by atoms with Crippen molar-refractivity contribution in [3.8, 4) is 11.3 Å². The van der Waals surface area contributed by atoms with Gasteiger partial charge in [0.15, 0.2) is 5.65 Å². The zero-order chi connectivity index (χ0) is 21.0. The van der Waals surface area contributed by atoms with E-state index in [9.17, 15) is 4.79 Å². The molecule has 0 saturated carbocycles. The Bertz CT molecular complexity index is 1280. The Labute approximate surface area is 179 Å². The van der Waals surface area contributed by atoms with Gasteiger partial charge in [-0.25, -0.2) is 0 Å². The number of fused-ring (bicyclic) bond motifs is 1. The van der Waals surface area contributed by atoms with E-state index >= 15 is 0 Å². The molecule has 150 valence electrons. The summed E-state index contributed by atoms with van der Waals surface area (Å²) in [6, 6.07) is 31.0. The van der Waals surface area contributed by atoms with E-state index in [0.717, 1.165) is 28.1 Å². The maximum atomic E-state index is 13.2. The van der Waals surface area contributed by atoms with Crippen molar-refractivity contribution in [3.63, 3.8) is 0 Å². The average molecular weight is 405 g/mol. The molecule has 0 bridgehead atoms. The highest BCUT2D eigenvalue weighted by Crippen LogP contribution is 2.27. The molecule has 6 nitrogen and oxygen atoms in total. The number of amides is 1. The summed E-state index contributed by atoms with van der Waals surface area (Å²) in [5.41, 5.74) is 5.08. The van der Waals surface area contributed by atoms with Crippen LogP contribution in [0.5, 0.6) is 0 Å². The van der Waals surface area contributed by atoms with Gasteiger partial charge >= 0.3 is 0 Å². The summed E-state index contributed by atoms with van der Waals surface area (Å²) in [4.78, 5) is 13.2. The van der Waals surface area contributed by atoms with Gasteiger partial charge in [0.2, 0.25) is 5.91 Å². The molecule has 1 N–H and O–H groups in total. The normalized spacial score (nSPS) is 11.0. The monoisotopic (exact) mass is 405 g/mol. The van der Waals surface area contributed by atoms with Crippen LogP contribution < -0.4 is 5.32 Å². The van der Waals surface area contributed by atoms with Crippen molar-refractivity contribution in [1.82, 2.24) is 19.8 Å². The van der Waals surface area contributed by atoms with Gasteiger partial charge in [0.25, 0.3) is 0 Å². The zero-order valence-corrected chi connectivity index (χ0v) is 16.6. The van der Waals surface area contributed by atoms with Gasteiger partial charge in [-0.15, -0.1) is 10.2 Å². The number of hydrogen-bond acceptors (Lipinski definition) is 4. The van der Waals surface area contributed by atoms with Gasteiger partial charge in [0.1, 0.15) is 6.33 Å². The molecule has 0 unspecified atom stereocenters. The minimum absolute atomic E-state index is 0.0748. The van der Waals surface area contributed by atoms with E-state index in [0.29, 0.717) is 5.65 Å². The fraction of sp³-hybridized carbons (Fsp3) is 0.0400. The topological polar surface area (TPSA) is 72.2 Å². The van der Waals surface area contributed by atoms with E-state index in [1.54, 1.807) is 10.8 Å². The molecule has 0 saturated heterocycles. The highest BCUT2D eigenvalue weighted by molar-refractivity contribution is 5.98. The number of carbonyl (C=O) groups excluding carboxylic acids is 1. The molecule has 31 heavy (non-hydrogen) atoms. The molecule has 0 aliphatic heterocycles. The minimum Gasteiger partial charge on any atom is -0.325 e. The molecule has 0 atom stereocenters. The van der Waals surface area contributed by atoms with E-state index in [1.165, 1.54) is 0 Å². The summed E-state index contributed by atoms with van der Waals surface area (Å²) in [7, 11) is 0. The first kappa shape index (κ1) is 18.7. The first-order chi connectivity index (χ1) is 15.3. The summed E-state index contributed by atoms with van der Waals surface area (Å²) in [6.07, 6.45) is 1.57. The Balaban J connectivity index is 1.39. The fourth-order valence-corrected chi connectivity index (χ4v) is 3.61. The molecule has 6 heteroatoms. The van der Waals surface area contributed by atoms with Crippen molar-refractivity contribution in [2.75, 3.05) is 5.32 Å². The van der Waals surface area contributed by atoms with Crippen LogP contribution in [-0.4, -0.2) is 25.7 Å². The molecule has 0 fully saturated rings. The van der Waals surface area contributed by atoms with Gasteiger partial charge in [0.05, 0.1) is 11.6 Å². The lowest BCUT2D eigenvalue weighted by molar-refractivity contribution is -0.116. The lowest BCUT2D eigenvalue weighted by Crippen LogP contribution is -2.22. The quantitative estimate of drug-likeness (QED) is 0.465. The van der Waals surface area contributed by atoms with Crippen molar-refractivity contribution in [1.29, 1.82) is 0 Å². The molecule has 0 aliphatic rings. The summed E-state index contributed by atoms with van der Waals surface area (Å²) < 4.78 is 1.63. The predicted octanol–water partition coefficient (Wildman–Crippen LogP) is 4.56. The molecule has 0 aliphatic carbocycles. The van der Waals surface area contributed by atoms with Crippen LogP contribution >= 0.6 is 0 Å². The molecular formula is C25H19N5O.